The van der Waals surface area contributed by atoms with Crippen molar-refractivity contribution in [1.29, 1.82) is 0 Å². The maximum Gasteiger partial charge on any atom is 0.306 e. The van der Waals surface area contributed by atoms with Crippen LogP contribution in [0, 0.1) is 10.8 Å². The van der Waals surface area contributed by atoms with E-state index < -0.39 is 0 Å². The molecule has 110 valence electrons. The largest absolute Gasteiger partial charge is 0.466 e. The number of hydrogen-bond donors (Lipinski definition) is 0. The first-order valence-corrected chi connectivity index (χ1v) is 7.72. The monoisotopic (exact) mass is 266 g/mol. The van der Waals surface area contributed by atoms with Gasteiger partial charge >= 0.3 is 5.97 Å². The highest BCUT2D eigenvalue weighted by Crippen LogP contribution is 2.52. The van der Waals surface area contributed by atoms with E-state index in [9.17, 15) is 4.79 Å². The highest BCUT2D eigenvalue weighted by molar-refractivity contribution is 5.71. The number of carbonyl (C=O) groups excluding carboxylic acids is 1. The molecule has 0 amide bonds. The van der Waals surface area contributed by atoms with E-state index in [0.717, 1.165) is 19.3 Å². The van der Waals surface area contributed by atoms with Gasteiger partial charge in [0.1, 0.15) is 0 Å². The lowest BCUT2D eigenvalue weighted by atomic mass is 9.59. The number of ether oxygens (including phenoxy) is 1. The Bertz CT molecular complexity index is 341. The third-order valence-electron chi connectivity index (χ3n) is 4.39. The summed E-state index contributed by atoms with van der Waals surface area (Å²) >= 11 is 0. The van der Waals surface area contributed by atoms with Crippen molar-refractivity contribution < 1.29 is 9.53 Å². The van der Waals surface area contributed by atoms with Crippen LogP contribution < -0.4 is 0 Å². The Balaban J connectivity index is 2.96. The summed E-state index contributed by atoms with van der Waals surface area (Å²) in [5.74, 6) is -0.0508. The molecule has 0 spiro atoms. The summed E-state index contributed by atoms with van der Waals surface area (Å²) in [4.78, 5) is 11.9. The van der Waals surface area contributed by atoms with E-state index in [4.69, 9.17) is 4.74 Å². The zero-order valence-electron chi connectivity index (χ0n) is 13.3. The first kappa shape index (κ1) is 16.3. The van der Waals surface area contributed by atoms with E-state index in [-0.39, 0.29) is 16.8 Å². The van der Waals surface area contributed by atoms with Crippen LogP contribution in [-0.4, -0.2) is 12.6 Å². The second-order valence-corrected chi connectivity index (χ2v) is 6.69. The molecule has 1 atom stereocenters. The fraction of sp³-hybridized carbons (Fsp3) is 0.824. The van der Waals surface area contributed by atoms with Crippen LogP contribution in [0.5, 0.6) is 0 Å². The highest BCUT2D eigenvalue weighted by Gasteiger charge is 2.42. The van der Waals surface area contributed by atoms with E-state index in [1.54, 1.807) is 0 Å². The molecule has 0 aromatic carbocycles. The molecule has 2 nitrogen and oxygen atoms in total. The Labute approximate surface area is 118 Å². The van der Waals surface area contributed by atoms with Gasteiger partial charge in [0.05, 0.1) is 13.0 Å². The molecule has 1 fully saturated rings. The van der Waals surface area contributed by atoms with Crippen molar-refractivity contribution in [3.05, 3.63) is 11.6 Å². The van der Waals surface area contributed by atoms with Crippen molar-refractivity contribution in [2.75, 3.05) is 6.61 Å². The Morgan fingerprint density at radius 3 is 2.53 bits per heavy atom. The highest BCUT2D eigenvalue weighted by atomic mass is 16.5. The molecule has 0 bridgehead atoms. The Morgan fingerprint density at radius 2 is 1.95 bits per heavy atom. The van der Waals surface area contributed by atoms with Gasteiger partial charge in [0, 0.05) is 0 Å². The summed E-state index contributed by atoms with van der Waals surface area (Å²) in [5.41, 5.74) is 1.68. The number of unbranched alkanes of at least 4 members (excludes halogenated alkanes) is 1. The molecule has 1 rings (SSSR count). The summed E-state index contributed by atoms with van der Waals surface area (Å²) < 4.78 is 5.16. The summed E-state index contributed by atoms with van der Waals surface area (Å²) in [5, 5.41) is 0. The molecule has 0 aromatic heterocycles. The van der Waals surface area contributed by atoms with Crippen molar-refractivity contribution in [1.82, 2.24) is 0 Å². The predicted molar refractivity (Wildman–Crippen MR) is 80.0 cm³/mol. The van der Waals surface area contributed by atoms with Gasteiger partial charge in [-0.15, -0.1) is 0 Å². The third-order valence-corrected chi connectivity index (χ3v) is 4.39. The van der Waals surface area contributed by atoms with Gasteiger partial charge in [-0.25, -0.2) is 0 Å². The molecular formula is C17H30O2. The summed E-state index contributed by atoms with van der Waals surface area (Å²) in [6.45, 7) is 11.4. The van der Waals surface area contributed by atoms with Crippen LogP contribution in [0.25, 0.3) is 0 Å². The van der Waals surface area contributed by atoms with Gasteiger partial charge < -0.3 is 4.74 Å². The maximum absolute atomic E-state index is 11.9. The van der Waals surface area contributed by atoms with Crippen LogP contribution in [-0.2, 0) is 9.53 Å². The van der Waals surface area contributed by atoms with Gasteiger partial charge in [-0.2, -0.15) is 0 Å². The van der Waals surface area contributed by atoms with Crippen LogP contribution in [0.4, 0.5) is 0 Å². The van der Waals surface area contributed by atoms with E-state index in [1.807, 2.05) is 6.92 Å². The van der Waals surface area contributed by atoms with Gasteiger partial charge in [-0.1, -0.05) is 52.2 Å². The van der Waals surface area contributed by atoms with Crippen molar-refractivity contribution in [2.45, 2.75) is 73.1 Å². The zero-order valence-corrected chi connectivity index (χ0v) is 13.3. The van der Waals surface area contributed by atoms with Crippen LogP contribution in [0.1, 0.15) is 73.1 Å². The van der Waals surface area contributed by atoms with Crippen molar-refractivity contribution in [2.24, 2.45) is 10.8 Å². The molecule has 0 radical (unpaired) electrons. The minimum Gasteiger partial charge on any atom is -0.466 e. The Morgan fingerprint density at radius 1 is 1.26 bits per heavy atom. The third kappa shape index (κ3) is 4.09. The minimum absolute atomic E-state index is 0.0107. The van der Waals surface area contributed by atoms with Crippen LogP contribution >= 0.6 is 0 Å². The van der Waals surface area contributed by atoms with Crippen molar-refractivity contribution in [3.8, 4) is 0 Å². The van der Waals surface area contributed by atoms with E-state index >= 15 is 0 Å². The summed E-state index contributed by atoms with van der Waals surface area (Å²) in [6, 6.07) is 0. The zero-order chi connectivity index (χ0) is 14.5. The maximum atomic E-state index is 11.9. The molecular weight excluding hydrogens is 236 g/mol. The van der Waals surface area contributed by atoms with Gasteiger partial charge in [-0.3, -0.25) is 4.79 Å². The summed E-state index contributed by atoms with van der Waals surface area (Å²) in [6.07, 6.45) is 8.71. The van der Waals surface area contributed by atoms with Crippen molar-refractivity contribution >= 4 is 5.97 Å². The van der Waals surface area contributed by atoms with E-state index in [1.165, 1.54) is 18.4 Å². The fourth-order valence-electron chi connectivity index (χ4n) is 3.53. The molecule has 0 heterocycles. The molecule has 0 N–H and O–H groups in total. The molecule has 2 heteroatoms. The van der Waals surface area contributed by atoms with Crippen LogP contribution in [0.15, 0.2) is 11.6 Å². The van der Waals surface area contributed by atoms with Crippen LogP contribution in [0.3, 0.4) is 0 Å². The number of rotatable bonds is 5. The number of allylic oxidation sites excluding steroid dienone is 2. The minimum atomic E-state index is -0.0508. The standard InChI is InChI=1S/C17H30O2/c1-6-8-10-14-16(3,4)11-9-12-17(14,5)13-15(18)19-7-2/h10H,6-9,11-13H2,1-5H3/b14-10+. The normalized spacial score (nSPS) is 28.4. The molecule has 1 saturated carbocycles. The molecule has 0 aliphatic heterocycles. The molecule has 0 saturated heterocycles. The molecule has 19 heavy (non-hydrogen) atoms. The topological polar surface area (TPSA) is 26.3 Å². The molecule has 1 aliphatic rings. The molecule has 1 unspecified atom stereocenters. The van der Waals surface area contributed by atoms with E-state index in [0.29, 0.717) is 13.0 Å². The quantitative estimate of drug-likeness (QED) is 0.523. The lowest BCUT2D eigenvalue weighted by Crippen LogP contribution is -2.36. The predicted octanol–water partition coefficient (Wildman–Crippen LogP) is 4.88. The second kappa shape index (κ2) is 6.58. The van der Waals surface area contributed by atoms with Gasteiger partial charge in [-0.05, 0) is 37.0 Å². The molecule has 1 aliphatic carbocycles. The second-order valence-electron chi connectivity index (χ2n) is 6.69. The van der Waals surface area contributed by atoms with Gasteiger partial charge in [0.2, 0.25) is 0 Å². The van der Waals surface area contributed by atoms with E-state index in [2.05, 4.69) is 33.8 Å². The smallest absolute Gasteiger partial charge is 0.306 e. The molecule has 0 aromatic rings. The first-order chi connectivity index (χ1) is 8.85. The number of carbonyl (C=O) groups is 1. The van der Waals surface area contributed by atoms with Crippen LogP contribution in [0.2, 0.25) is 0 Å². The van der Waals surface area contributed by atoms with Gasteiger partial charge in [0.15, 0.2) is 0 Å². The van der Waals surface area contributed by atoms with Crippen molar-refractivity contribution in [3.63, 3.8) is 0 Å². The SMILES string of the molecule is CCC/C=C1\C(C)(C)CCCC1(C)CC(=O)OCC. The lowest BCUT2D eigenvalue weighted by molar-refractivity contribution is -0.145. The van der Waals surface area contributed by atoms with Gasteiger partial charge in [0.25, 0.3) is 0 Å². The fourth-order valence-corrected chi connectivity index (χ4v) is 3.53. The Kier molecular flexibility index (Phi) is 5.64. The number of hydrogen-bond acceptors (Lipinski definition) is 2. The average Bonchev–Trinajstić information content (AvgIpc) is 2.27. The summed E-state index contributed by atoms with van der Waals surface area (Å²) in [7, 11) is 0. The lowest BCUT2D eigenvalue weighted by Gasteiger charge is -2.46. The average molecular weight is 266 g/mol. The Hall–Kier alpha value is -0.790. The first-order valence-electron chi connectivity index (χ1n) is 7.72. The number of esters is 1.